The van der Waals surface area contributed by atoms with Gasteiger partial charge in [0.2, 0.25) is 0 Å². The number of aliphatic hydroxyl groups is 2. The molecule has 1 saturated heterocycles. The number of hydrogen-bond donors (Lipinski definition) is 2. The van der Waals surface area contributed by atoms with Crippen molar-refractivity contribution in [2.24, 2.45) is 0 Å². The Morgan fingerprint density at radius 3 is 2.63 bits per heavy atom. The molecule has 1 aromatic carbocycles. The van der Waals surface area contributed by atoms with Gasteiger partial charge in [-0.05, 0) is 70.1 Å². The number of fused-ring (bicyclic) bond motifs is 3. The van der Waals surface area contributed by atoms with Crippen LogP contribution in [0.3, 0.4) is 0 Å². The highest BCUT2D eigenvalue weighted by Crippen LogP contribution is 2.48. The van der Waals surface area contributed by atoms with Gasteiger partial charge >= 0.3 is 0 Å². The minimum absolute atomic E-state index is 0.0693. The summed E-state index contributed by atoms with van der Waals surface area (Å²) in [6.07, 6.45) is 3.18. The minimum atomic E-state index is -0.753. The molecule has 0 bridgehead atoms. The second kappa shape index (κ2) is 8.14. The Labute approximate surface area is 184 Å². The Morgan fingerprint density at radius 2 is 2.03 bits per heavy atom. The van der Waals surface area contributed by atoms with Gasteiger partial charge < -0.3 is 24.4 Å². The van der Waals surface area contributed by atoms with Gasteiger partial charge in [-0.2, -0.15) is 0 Å². The van der Waals surface area contributed by atoms with Crippen LogP contribution in [0.15, 0.2) is 6.07 Å². The Kier molecular flexibility index (Phi) is 6.01. The number of ether oxygens (including phenoxy) is 3. The molecule has 2 N–H and O–H groups in total. The highest BCUT2D eigenvalue weighted by atomic mass is 35.5. The predicted molar refractivity (Wildman–Crippen MR) is 116 cm³/mol. The maximum atomic E-state index is 10.8. The van der Waals surface area contributed by atoms with Crippen LogP contribution < -0.4 is 9.47 Å². The van der Waals surface area contributed by atoms with Gasteiger partial charge in [0.05, 0.1) is 35.5 Å². The van der Waals surface area contributed by atoms with E-state index >= 15 is 0 Å². The molecule has 3 atom stereocenters. The summed E-state index contributed by atoms with van der Waals surface area (Å²) >= 11 is 6.79. The zero-order valence-electron chi connectivity index (χ0n) is 18.4. The van der Waals surface area contributed by atoms with Crippen molar-refractivity contribution in [2.75, 3.05) is 26.8 Å². The summed E-state index contributed by atoms with van der Waals surface area (Å²) in [6.45, 7) is 7.82. The first kappa shape index (κ1) is 22.2. The topological polar surface area (TPSA) is 71.4 Å². The van der Waals surface area contributed by atoms with Crippen LogP contribution in [0.1, 0.15) is 63.6 Å². The zero-order valence-corrected chi connectivity index (χ0v) is 19.2. The Balaban J connectivity index is 1.58. The molecule has 1 aliphatic carbocycles. The van der Waals surface area contributed by atoms with Crippen molar-refractivity contribution < 1.29 is 24.4 Å². The normalized spacial score (nSPS) is 28.3. The molecule has 1 saturated carbocycles. The van der Waals surface area contributed by atoms with Crippen LogP contribution in [0.4, 0.5) is 0 Å². The molecular formula is C23H34ClNO5. The molecule has 1 aromatic rings. The van der Waals surface area contributed by atoms with Gasteiger partial charge in [-0.25, -0.2) is 0 Å². The molecule has 0 amide bonds. The van der Waals surface area contributed by atoms with Crippen molar-refractivity contribution in [3.63, 3.8) is 0 Å². The summed E-state index contributed by atoms with van der Waals surface area (Å²) in [5.74, 6) is 1.09. The van der Waals surface area contributed by atoms with Crippen molar-refractivity contribution in [1.29, 1.82) is 0 Å². The first-order valence-electron chi connectivity index (χ1n) is 10.9. The maximum Gasteiger partial charge on any atom is 0.180 e. The highest BCUT2D eigenvalue weighted by molar-refractivity contribution is 6.33. The number of halogens is 1. The largest absolute Gasteiger partial charge is 0.493 e. The van der Waals surface area contributed by atoms with Gasteiger partial charge in [-0.15, -0.1) is 0 Å². The molecule has 0 unspecified atom stereocenters. The third kappa shape index (κ3) is 4.30. The minimum Gasteiger partial charge on any atom is -0.493 e. The van der Waals surface area contributed by atoms with Crippen molar-refractivity contribution in [3.8, 4) is 11.5 Å². The highest BCUT2D eigenvalue weighted by Gasteiger charge is 2.42. The van der Waals surface area contributed by atoms with Gasteiger partial charge in [0, 0.05) is 19.1 Å². The van der Waals surface area contributed by atoms with Crippen molar-refractivity contribution in [1.82, 2.24) is 4.90 Å². The van der Waals surface area contributed by atoms with E-state index in [9.17, 15) is 10.2 Å². The molecular weight excluding hydrogens is 406 g/mol. The average Bonchev–Trinajstić information content (AvgIpc) is 2.65. The Hall–Kier alpha value is -1.05. The molecule has 2 fully saturated rings. The summed E-state index contributed by atoms with van der Waals surface area (Å²) in [5.41, 5.74) is 1.09. The van der Waals surface area contributed by atoms with Crippen LogP contribution in [0.5, 0.6) is 11.5 Å². The van der Waals surface area contributed by atoms with Crippen LogP contribution in [0.25, 0.3) is 0 Å². The lowest BCUT2D eigenvalue weighted by molar-refractivity contribution is -0.149. The molecule has 168 valence electrons. The summed E-state index contributed by atoms with van der Waals surface area (Å²) in [6, 6.07) is 2.07. The predicted octanol–water partition coefficient (Wildman–Crippen LogP) is 3.49. The number of hydrogen-bond acceptors (Lipinski definition) is 6. The Bertz CT molecular complexity index is 789. The van der Waals surface area contributed by atoms with Crippen molar-refractivity contribution >= 4 is 11.6 Å². The van der Waals surface area contributed by atoms with E-state index in [4.69, 9.17) is 25.8 Å². The summed E-state index contributed by atoms with van der Waals surface area (Å²) in [4.78, 5) is 2.37. The van der Waals surface area contributed by atoms with E-state index in [1.54, 1.807) is 7.11 Å². The van der Waals surface area contributed by atoms with Gasteiger partial charge in [-0.1, -0.05) is 11.6 Å². The first-order valence-corrected chi connectivity index (χ1v) is 11.3. The lowest BCUT2D eigenvalue weighted by Gasteiger charge is -2.47. The van der Waals surface area contributed by atoms with Crippen LogP contribution in [-0.4, -0.2) is 65.3 Å². The molecule has 30 heavy (non-hydrogen) atoms. The number of rotatable bonds is 5. The third-order valence-corrected chi connectivity index (χ3v) is 6.97. The van der Waals surface area contributed by atoms with Crippen molar-refractivity contribution in [2.45, 2.75) is 82.3 Å². The van der Waals surface area contributed by atoms with Gasteiger partial charge in [0.25, 0.3) is 0 Å². The maximum absolute atomic E-state index is 10.8. The van der Waals surface area contributed by atoms with Gasteiger partial charge in [-0.3, -0.25) is 4.90 Å². The standard InChI is InChI=1S/C23H34ClNO5/c1-22(2,3)30-19-12-25-9-6-14-15(16(25)11-17(19)26)10-18(28-4)21(20(14)24)29-13-23(27)7-5-8-23/h10,16-17,19,26-27H,5-9,11-13H2,1-4H3/t16-,17-,19-/m1/s1. The second-order valence-electron chi connectivity index (χ2n) is 9.99. The molecule has 0 radical (unpaired) electrons. The number of nitrogens with zero attached hydrogens (tertiary/aromatic N) is 1. The fourth-order valence-corrected chi connectivity index (χ4v) is 5.20. The summed E-state index contributed by atoms with van der Waals surface area (Å²) in [7, 11) is 1.60. The fourth-order valence-electron chi connectivity index (χ4n) is 4.84. The quantitative estimate of drug-likeness (QED) is 0.731. The van der Waals surface area contributed by atoms with Crippen LogP contribution in [0, 0.1) is 0 Å². The zero-order chi connectivity index (χ0) is 21.7. The van der Waals surface area contributed by atoms with Gasteiger partial charge in [0.1, 0.15) is 6.61 Å². The number of piperidine rings is 1. The molecule has 6 nitrogen and oxygen atoms in total. The molecule has 2 aliphatic heterocycles. The summed E-state index contributed by atoms with van der Waals surface area (Å²) < 4.78 is 17.7. The smallest absolute Gasteiger partial charge is 0.180 e. The van der Waals surface area contributed by atoms with E-state index in [2.05, 4.69) is 4.90 Å². The van der Waals surface area contributed by atoms with E-state index in [1.807, 2.05) is 26.8 Å². The number of aliphatic hydroxyl groups excluding tert-OH is 1. The first-order chi connectivity index (χ1) is 14.1. The van der Waals surface area contributed by atoms with E-state index in [-0.39, 0.29) is 24.4 Å². The lowest BCUT2D eigenvalue weighted by atomic mass is 9.81. The monoisotopic (exact) mass is 439 g/mol. The number of methoxy groups -OCH3 is 1. The molecule has 3 aliphatic rings. The second-order valence-corrected chi connectivity index (χ2v) is 10.4. The average molecular weight is 440 g/mol. The van der Waals surface area contributed by atoms with Crippen molar-refractivity contribution in [3.05, 3.63) is 22.2 Å². The van der Waals surface area contributed by atoms with E-state index in [1.165, 1.54) is 0 Å². The molecule has 7 heteroatoms. The lowest BCUT2D eigenvalue weighted by Crippen LogP contribution is -2.53. The van der Waals surface area contributed by atoms with Crippen LogP contribution in [-0.2, 0) is 11.2 Å². The Morgan fingerprint density at radius 1 is 1.30 bits per heavy atom. The van der Waals surface area contributed by atoms with E-state index in [0.29, 0.717) is 29.5 Å². The number of benzene rings is 1. The van der Waals surface area contributed by atoms with E-state index in [0.717, 1.165) is 43.4 Å². The fraction of sp³-hybridized carbons (Fsp3) is 0.739. The molecule has 4 rings (SSSR count). The third-order valence-electron chi connectivity index (χ3n) is 6.57. The molecule has 0 aromatic heterocycles. The van der Waals surface area contributed by atoms with Crippen LogP contribution >= 0.6 is 11.6 Å². The van der Waals surface area contributed by atoms with Gasteiger partial charge in [0.15, 0.2) is 11.5 Å². The molecule has 2 heterocycles. The SMILES string of the molecule is COc1cc2c(c(Cl)c1OCC1(O)CCC1)CCN1C[C@@H](OC(C)(C)C)[C@H](O)C[C@H]21. The van der Waals surface area contributed by atoms with E-state index < -0.39 is 11.7 Å². The summed E-state index contributed by atoms with van der Waals surface area (Å²) in [5, 5.41) is 21.7. The van der Waals surface area contributed by atoms with Crippen LogP contribution in [0.2, 0.25) is 5.02 Å². The molecule has 0 spiro atoms.